The van der Waals surface area contributed by atoms with Crippen LogP contribution in [0.5, 0.6) is 0 Å². The molecule has 112 valence electrons. The Labute approximate surface area is 119 Å². The molecule has 1 rings (SSSR count). The van der Waals surface area contributed by atoms with Crippen molar-refractivity contribution in [2.45, 2.75) is 79.2 Å². The maximum atomic E-state index is 12.3. The number of Topliss-reactive ketones (excluding diaryl/α,β-unsaturated/α-hetero) is 1. The molecule has 0 radical (unpaired) electrons. The number of ketones is 1. The molecule has 0 N–H and O–H groups in total. The Hall–Kier alpha value is -0.370. The monoisotopic (exact) mass is 268 g/mol. The van der Waals surface area contributed by atoms with E-state index in [1.54, 1.807) is 0 Å². The number of rotatable bonds is 7. The van der Waals surface area contributed by atoms with E-state index in [2.05, 4.69) is 34.6 Å². The summed E-state index contributed by atoms with van der Waals surface area (Å²) >= 11 is 0. The zero-order valence-electron chi connectivity index (χ0n) is 13.5. The zero-order valence-corrected chi connectivity index (χ0v) is 13.5. The second kappa shape index (κ2) is 7.42. The smallest absolute Gasteiger partial charge is 0.161 e. The molecule has 1 aliphatic rings. The van der Waals surface area contributed by atoms with Gasteiger partial charge in [0.25, 0.3) is 0 Å². The third-order valence-corrected chi connectivity index (χ3v) is 3.77. The molecule has 1 fully saturated rings. The molecule has 0 bridgehead atoms. The molecule has 0 aromatic rings. The summed E-state index contributed by atoms with van der Waals surface area (Å²) in [4.78, 5) is 12.3. The van der Waals surface area contributed by atoms with Crippen LogP contribution in [0.4, 0.5) is 0 Å². The molecule has 0 amide bonds. The fourth-order valence-electron chi connectivity index (χ4n) is 2.78. The number of ether oxygens (including phenoxy) is 1. The van der Waals surface area contributed by atoms with Crippen molar-refractivity contribution in [1.82, 2.24) is 0 Å². The quantitative estimate of drug-likeness (QED) is 0.674. The number of carbonyl (C=O) groups excluding carboxylic acids is 1. The van der Waals surface area contributed by atoms with E-state index in [9.17, 15) is 4.79 Å². The highest BCUT2D eigenvalue weighted by Crippen LogP contribution is 2.28. The topological polar surface area (TPSA) is 26.3 Å². The SMILES string of the molecule is CC(C)CC(=O)C(CC(C)(C)C)OCC1CCCC1. The third-order valence-electron chi connectivity index (χ3n) is 3.77. The normalized spacial score (nSPS) is 19.1. The van der Waals surface area contributed by atoms with E-state index in [4.69, 9.17) is 4.74 Å². The van der Waals surface area contributed by atoms with Gasteiger partial charge in [-0.2, -0.15) is 0 Å². The van der Waals surface area contributed by atoms with E-state index in [1.807, 2.05) is 0 Å². The Morgan fingerprint density at radius 1 is 1.21 bits per heavy atom. The van der Waals surface area contributed by atoms with Crippen molar-refractivity contribution in [3.05, 3.63) is 0 Å². The summed E-state index contributed by atoms with van der Waals surface area (Å²) in [6.45, 7) is 11.5. The lowest BCUT2D eigenvalue weighted by atomic mass is 9.86. The molecule has 2 heteroatoms. The fraction of sp³-hybridized carbons (Fsp3) is 0.941. The van der Waals surface area contributed by atoms with Crippen molar-refractivity contribution in [3.8, 4) is 0 Å². The second-order valence-electron chi connectivity index (χ2n) is 7.80. The minimum atomic E-state index is -0.192. The van der Waals surface area contributed by atoms with Gasteiger partial charge >= 0.3 is 0 Å². The highest BCUT2D eigenvalue weighted by Gasteiger charge is 2.27. The Morgan fingerprint density at radius 2 is 1.79 bits per heavy atom. The van der Waals surface area contributed by atoms with Crippen LogP contribution in [0.1, 0.15) is 73.1 Å². The van der Waals surface area contributed by atoms with Gasteiger partial charge in [-0.25, -0.2) is 0 Å². The fourth-order valence-corrected chi connectivity index (χ4v) is 2.78. The van der Waals surface area contributed by atoms with Gasteiger partial charge < -0.3 is 4.74 Å². The van der Waals surface area contributed by atoms with Crippen LogP contribution in [0.15, 0.2) is 0 Å². The predicted molar refractivity (Wildman–Crippen MR) is 80.2 cm³/mol. The standard InChI is InChI=1S/C17H32O2/c1-13(2)10-15(18)16(11-17(3,4)5)19-12-14-8-6-7-9-14/h13-14,16H,6-12H2,1-5H3. The summed E-state index contributed by atoms with van der Waals surface area (Å²) in [7, 11) is 0. The van der Waals surface area contributed by atoms with Gasteiger partial charge in [-0.15, -0.1) is 0 Å². The summed E-state index contributed by atoms with van der Waals surface area (Å²) in [5.41, 5.74) is 0.146. The minimum absolute atomic E-state index is 0.146. The van der Waals surface area contributed by atoms with Crippen molar-refractivity contribution >= 4 is 5.78 Å². The second-order valence-corrected chi connectivity index (χ2v) is 7.80. The molecular weight excluding hydrogens is 236 g/mol. The molecule has 1 saturated carbocycles. The maximum absolute atomic E-state index is 12.3. The van der Waals surface area contributed by atoms with Gasteiger partial charge in [0.1, 0.15) is 6.10 Å². The van der Waals surface area contributed by atoms with Crippen LogP contribution in [0.25, 0.3) is 0 Å². The largest absolute Gasteiger partial charge is 0.370 e. The lowest BCUT2D eigenvalue weighted by Crippen LogP contribution is -2.31. The van der Waals surface area contributed by atoms with E-state index < -0.39 is 0 Å². The van der Waals surface area contributed by atoms with Crippen molar-refractivity contribution in [1.29, 1.82) is 0 Å². The molecule has 0 aliphatic heterocycles. The molecule has 0 aromatic carbocycles. The molecule has 2 nitrogen and oxygen atoms in total. The van der Waals surface area contributed by atoms with Crippen LogP contribution >= 0.6 is 0 Å². The first-order chi connectivity index (χ1) is 8.78. The summed E-state index contributed by atoms with van der Waals surface area (Å²) in [5, 5.41) is 0. The summed E-state index contributed by atoms with van der Waals surface area (Å²) in [5.74, 6) is 1.40. The van der Waals surface area contributed by atoms with Crippen molar-refractivity contribution < 1.29 is 9.53 Å². The molecule has 19 heavy (non-hydrogen) atoms. The lowest BCUT2D eigenvalue weighted by molar-refractivity contribution is -0.134. The van der Waals surface area contributed by atoms with E-state index in [0.717, 1.165) is 13.0 Å². The number of carbonyl (C=O) groups is 1. The van der Waals surface area contributed by atoms with Crippen LogP contribution in [-0.4, -0.2) is 18.5 Å². The summed E-state index contributed by atoms with van der Waals surface area (Å²) in [6, 6.07) is 0. The van der Waals surface area contributed by atoms with Crippen molar-refractivity contribution in [2.24, 2.45) is 17.3 Å². The molecule has 1 unspecified atom stereocenters. The van der Waals surface area contributed by atoms with Gasteiger partial charge in [0.05, 0.1) is 6.61 Å². The van der Waals surface area contributed by atoms with E-state index in [-0.39, 0.29) is 11.5 Å². The van der Waals surface area contributed by atoms with Crippen LogP contribution in [0, 0.1) is 17.3 Å². The Bertz CT molecular complexity index is 269. The highest BCUT2D eigenvalue weighted by molar-refractivity contribution is 5.83. The minimum Gasteiger partial charge on any atom is -0.370 e. The molecule has 0 saturated heterocycles. The first-order valence-electron chi connectivity index (χ1n) is 7.92. The summed E-state index contributed by atoms with van der Waals surface area (Å²) < 4.78 is 6.02. The van der Waals surface area contributed by atoms with E-state index in [1.165, 1.54) is 25.7 Å². The molecule has 1 aliphatic carbocycles. The van der Waals surface area contributed by atoms with Crippen LogP contribution in [-0.2, 0) is 9.53 Å². The van der Waals surface area contributed by atoms with Gasteiger partial charge in [0, 0.05) is 6.42 Å². The average molecular weight is 268 g/mol. The molecule has 0 aromatic heterocycles. The Balaban J connectivity index is 2.49. The maximum Gasteiger partial charge on any atom is 0.161 e. The van der Waals surface area contributed by atoms with Crippen molar-refractivity contribution in [2.75, 3.05) is 6.61 Å². The summed E-state index contributed by atoms with van der Waals surface area (Å²) in [6.07, 6.45) is 6.51. The van der Waals surface area contributed by atoms with E-state index >= 15 is 0 Å². The van der Waals surface area contributed by atoms with Gasteiger partial charge in [-0.05, 0) is 36.5 Å². The van der Waals surface area contributed by atoms with Gasteiger partial charge in [0.2, 0.25) is 0 Å². The Morgan fingerprint density at radius 3 is 2.26 bits per heavy atom. The van der Waals surface area contributed by atoms with E-state index in [0.29, 0.717) is 24.0 Å². The first-order valence-corrected chi connectivity index (χ1v) is 7.92. The highest BCUT2D eigenvalue weighted by atomic mass is 16.5. The molecule has 0 spiro atoms. The Kier molecular flexibility index (Phi) is 6.52. The van der Waals surface area contributed by atoms with Crippen LogP contribution < -0.4 is 0 Å². The number of hydrogen-bond donors (Lipinski definition) is 0. The molecule has 0 heterocycles. The third kappa shape index (κ3) is 7.10. The van der Waals surface area contributed by atoms with Crippen molar-refractivity contribution in [3.63, 3.8) is 0 Å². The van der Waals surface area contributed by atoms with Crippen LogP contribution in [0.2, 0.25) is 0 Å². The zero-order chi connectivity index (χ0) is 14.5. The van der Waals surface area contributed by atoms with Gasteiger partial charge in [-0.3, -0.25) is 4.79 Å². The van der Waals surface area contributed by atoms with Crippen LogP contribution in [0.3, 0.4) is 0 Å². The van der Waals surface area contributed by atoms with Gasteiger partial charge in [-0.1, -0.05) is 47.5 Å². The lowest BCUT2D eigenvalue weighted by Gasteiger charge is -2.27. The average Bonchev–Trinajstić information content (AvgIpc) is 2.74. The number of hydrogen-bond acceptors (Lipinski definition) is 2. The molecular formula is C17H32O2. The predicted octanol–water partition coefficient (Wildman–Crippen LogP) is 4.61. The first kappa shape index (κ1) is 16.7. The van der Waals surface area contributed by atoms with Gasteiger partial charge in [0.15, 0.2) is 5.78 Å². The molecule has 1 atom stereocenters.